The number of aliphatic hydroxyl groups excluding tert-OH is 2. The summed E-state index contributed by atoms with van der Waals surface area (Å²) >= 11 is 0. The zero-order valence-electron chi connectivity index (χ0n) is 11.3. The summed E-state index contributed by atoms with van der Waals surface area (Å²) in [7, 11) is 0. The zero-order chi connectivity index (χ0) is 13.4. The molecule has 1 unspecified atom stereocenters. The number of ether oxygens (including phenoxy) is 1. The Hall–Kier alpha value is -0.610. The fourth-order valence-corrected chi connectivity index (χ4v) is 1.62. The predicted molar refractivity (Wildman–Crippen MR) is 66.4 cm³/mol. The van der Waals surface area contributed by atoms with Crippen LogP contribution in [0.15, 0.2) is 0 Å². The molecule has 0 heterocycles. The van der Waals surface area contributed by atoms with Gasteiger partial charge >= 0.3 is 5.97 Å². The van der Waals surface area contributed by atoms with Crippen LogP contribution < -0.4 is 0 Å². The van der Waals surface area contributed by atoms with E-state index >= 15 is 0 Å². The molecule has 0 spiro atoms. The second kappa shape index (κ2) is 8.48. The molecular weight excluding hydrogens is 220 g/mol. The van der Waals surface area contributed by atoms with Crippen molar-refractivity contribution in [3.05, 3.63) is 0 Å². The van der Waals surface area contributed by atoms with Crippen molar-refractivity contribution in [2.24, 2.45) is 23.7 Å². The average Bonchev–Trinajstić information content (AvgIpc) is 2.26. The van der Waals surface area contributed by atoms with Crippen molar-refractivity contribution in [2.75, 3.05) is 19.8 Å². The molecule has 0 saturated heterocycles. The smallest absolute Gasteiger partial charge is 0.309 e. The third kappa shape index (κ3) is 6.64. The number of esters is 1. The predicted octanol–water partition coefficient (Wildman–Crippen LogP) is 1.45. The van der Waals surface area contributed by atoms with E-state index in [2.05, 4.69) is 13.8 Å². The highest BCUT2D eigenvalue weighted by Gasteiger charge is 2.25. The minimum absolute atomic E-state index is 0.0904. The molecule has 0 aromatic heterocycles. The Labute approximate surface area is 104 Å². The summed E-state index contributed by atoms with van der Waals surface area (Å²) in [5, 5.41) is 17.8. The van der Waals surface area contributed by atoms with Gasteiger partial charge in [0.15, 0.2) is 0 Å². The third-order valence-corrected chi connectivity index (χ3v) is 2.81. The van der Waals surface area contributed by atoms with Crippen LogP contribution in [0.2, 0.25) is 0 Å². The molecule has 0 radical (unpaired) electrons. The standard InChI is InChI=1S/C13H26O4/c1-9(2)5-12(10(3)4)13(16)17-8-11(6-14)7-15/h9-12,14-15H,5-8H2,1-4H3. The summed E-state index contributed by atoms with van der Waals surface area (Å²) in [5.74, 6) is -0.00696. The van der Waals surface area contributed by atoms with Crippen molar-refractivity contribution in [2.45, 2.75) is 34.1 Å². The van der Waals surface area contributed by atoms with E-state index in [1.54, 1.807) is 0 Å². The Morgan fingerprint density at radius 1 is 1.12 bits per heavy atom. The summed E-state index contributed by atoms with van der Waals surface area (Å²) < 4.78 is 5.15. The van der Waals surface area contributed by atoms with Gasteiger partial charge in [-0.3, -0.25) is 4.79 Å². The first kappa shape index (κ1) is 16.4. The number of carbonyl (C=O) groups excluding carboxylic acids is 1. The van der Waals surface area contributed by atoms with Crippen LogP contribution in [0.25, 0.3) is 0 Å². The van der Waals surface area contributed by atoms with Gasteiger partial charge in [-0.25, -0.2) is 0 Å². The van der Waals surface area contributed by atoms with E-state index in [9.17, 15) is 4.79 Å². The van der Waals surface area contributed by atoms with Crippen molar-refractivity contribution in [3.8, 4) is 0 Å². The number of hydrogen-bond acceptors (Lipinski definition) is 4. The Balaban J connectivity index is 4.23. The molecule has 17 heavy (non-hydrogen) atoms. The SMILES string of the molecule is CC(C)CC(C(=O)OCC(CO)CO)C(C)C. The minimum Gasteiger partial charge on any atom is -0.465 e. The van der Waals surface area contributed by atoms with Gasteiger partial charge in [0.05, 0.1) is 25.7 Å². The quantitative estimate of drug-likeness (QED) is 0.636. The molecule has 0 amide bonds. The molecule has 4 nitrogen and oxygen atoms in total. The summed E-state index contributed by atoms with van der Waals surface area (Å²) in [6.07, 6.45) is 0.805. The van der Waals surface area contributed by atoms with E-state index < -0.39 is 0 Å². The molecule has 4 heteroatoms. The van der Waals surface area contributed by atoms with Crippen LogP contribution in [0.5, 0.6) is 0 Å². The number of carbonyl (C=O) groups is 1. The van der Waals surface area contributed by atoms with Gasteiger partial charge in [-0.2, -0.15) is 0 Å². The lowest BCUT2D eigenvalue weighted by atomic mass is 9.88. The van der Waals surface area contributed by atoms with Gasteiger partial charge in [-0.05, 0) is 18.3 Å². The third-order valence-electron chi connectivity index (χ3n) is 2.81. The minimum atomic E-state index is -0.370. The lowest BCUT2D eigenvalue weighted by Crippen LogP contribution is -2.28. The van der Waals surface area contributed by atoms with Gasteiger partial charge in [0.25, 0.3) is 0 Å². The molecule has 0 aliphatic heterocycles. The van der Waals surface area contributed by atoms with Crippen LogP contribution in [0.3, 0.4) is 0 Å². The van der Waals surface area contributed by atoms with Gasteiger partial charge < -0.3 is 14.9 Å². The number of rotatable bonds is 8. The largest absolute Gasteiger partial charge is 0.465 e. The first-order chi connectivity index (χ1) is 7.92. The molecule has 0 bridgehead atoms. The Bertz CT molecular complexity index is 209. The van der Waals surface area contributed by atoms with Crippen molar-refractivity contribution < 1.29 is 19.7 Å². The number of hydrogen-bond donors (Lipinski definition) is 2. The lowest BCUT2D eigenvalue weighted by molar-refractivity contribution is -0.153. The topological polar surface area (TPSA) is 66.8 Å². The molecule has 0 aromatic rings. The highest BCUT2D eigenvalue weighted by Crippen LogP contribution is 2.21. The van der Waals surface area contributed by atoms with Crippen LogP contribution in [0.4, 0.5) is 0 Å². The molecule has 2 N–H and O–H groups in total. The molecule has 0 aliphatic carbocycles. The molecule has 0 aromatic carbocycles. The maximum atomic E-state index is 11.9. The highest BCUT2D eigenvalue weighted by atomic mass is 16.5. The summed E-state index contributed by atoms with van der Waals surface area (Å²) in [5.41, 5.74) is 0. The van der Waals surface area contributed by atoms with Crippen molar-refractivity contribution in [1.29, 1.82) is 0 Å². The fourth-order valence-electron chi connectivity index (χ4n) is 1.62. The first-order valence-electron chi connectivity index (χ1n) is 6.30. The molecular formula is C13H26O4. The summed E-state index contributed by atoms with van der Waals surface area (Å²) in [6.45, 7) is 7.92. The van der Waals surface area contributed by atoms with Crippen LogP contribution in [-0.2, 0) is 9.53 Å². The number of aliphatic hydroxyl groups is 2. The Kier molecular flexibility index (Phi) is 8.17. The first-order valence-corrected chi connectivity index (χ1v) is 6.30. The molecule has 0 saturated carbocycles. The van der Waals surface area contributed by atoms with Crippen LogP contribution >= 0.6 is 0 Å². The Morgan fingerprint density at radius 2 is 1.65 bits per heavy atom. The van der Waals surface area contributed by atoms with Crippen LogP contribution in [-0.4, -0.2) is 36.0 Å². The van der Waals surface area contributed by atoms with Gasteiger partial charge in [0, 0.05) is 5.92 Å². The molecule has 1 atom stereocenters. The van der Waals surface area contributed by atoms with E-state index in [-0.39, 0.29) is 43.5 Å². The summed E-state index contributed by atoms with van der Waals surface area (Å²) in [4.78, 5) is 11.9. The van der Waals surface area contributed by atoms with E-state index in [0.29, 0.717) is 5.92 Å². The molecule has 0 rings (SSSR count). The van der Waals surface area contributed by atoms with Crippen LogP contribution in [0, 0.1) is 23.7 Å². The highest BCUT2D eigenvalue weighted by molar-refractivity contribution is 5.72. The van der Waals surface area contributed by atoms with Crippen molar-refractivity contribution in [3.63, 3.8) is 0 Å². The lowest BCUT2D eigenvalue weighted by Gasteiger charge is -2.22. The van der Waals surface area contributed by atoms with E-state index in [0.717, 1.165) is 6.42 Å². The van der Waals surface area contributed by atoms with E-state index in [4.69, 9.17) is 14.9 Å². The second-order valence-corrected chi connectivity index (χ2v) is 5.34. The van der Waals surface area contributed by atoms with Gasteiger partial charge in [-0.15, -0.1) is 0 Å². The monoisotopic (exact) mass is 246 g/mol. The maximum absolute atomic E-state index is 11.9. The maximum Gasteiger partial charge on any atom is 0.309 e. The zero-order valence-corrected chi connectivity index (χ0v) is 11.3. The van der Waals surface area contributed by atoms with E-state index in [1.165, 1.54) is 0 Å². The fraction of sp³-hybridized carbons (Fsp3) is 0.923. The van der Waals surface area contributed by atoms with Gasteiger partial charge in [0.2, 0.25) is 0 Å². The molecule has 0 fully saturated rings. The van der Waals surface area contributed by atoms with E-state index in [1.807, 2.05) is 13.8 Å². The summed E-state index contributed by atoms with van der Waals surface area (Å²) in [6, 6.07) is 0. The van der Waals surface area contributed by atoms with Gasteiger partial charge in [0.1, 0.15) is 0 Å². The van der Waals surface area contributed by atoms with Crippen molar-refractivity contribution >= 4 is 5.97 Å². The van der Waals surface area contributed by atoms with Crippen molar-refractivity contribution in [1.82, 2.24) is 0 Å². The van der Waals surface area contributed by atoms with Crippen LogP contribution in [0.1, 0.15) is 34.1 Å². The van der Waals surface area contributed by atoms with Gasteiger partial charge in [-0.1, -0.05) is 27.7 Å². The normalized spacial score (nSPS) is 13.5. The molecule has 102 valence electrons. The molecule has 0 aliphatic rings. The average molecular weight is 246 g/mol. The Morgan fingerprint density at radius 3 is 2.00 bits per heavy atom. The second-order valence-electron chi connectivity index (χ2n) is 5.34.